The Morgan fingerprint density at radius 2 is 1.93 bits per heavy atom. The van der Waals surface area contributed by atoms with Gasteiger partial charge in [-0.25, -0.2) is 0 Å². The first kappa shape index (κ1) is 9.90. The predicted octanol–water partition coefficient (Wildman–Crippen LogP) is 1.28. The molecule has 0 spiro atoms. The summed E-state index contributed by atoms with van der Waals surface area (Å²) < 4.78 is 0. The fourth-order valence-corrected chi connectivity index (χ4v) is 1.83. The lowest BCUT2D eigenvalue weighted by Gasteiger charge is -2.20. The van der Waals surface area contributed by atoms with Crippen molar-refractivity contribution in [2.45, 2.75) is 19.3 Å². The minimum Gasteiger partial charge on any atom is -0.296 e. The second-order valence-corrected chi connectivity index (χ2v) is 3.84. The molecule has 0 aromatic heterocycles. The van der Waals surface area contributed by atoms with Crippen molar-refractivity contribution in [3.63, 3.8) is 0 Å². The number of nitrogens with one attached hydrogen (secondary N) is 1. The van der Waals surface area contributed by atoms with E-state index in [4.69, 9.17) is 0 Å². The molecule has 1 aromatic carbocycles. The van der Waals surface area contributed by atoms with Crippen LogP contribution in [0.2, 0.25) is 0 Å². The van der Waals surface area contributed by atoms with Gasteiger partial charge in [-0.3, -0.25) is 14.9 Å². The van der Waals surface area contributed by atoms with E-state index in [9.17, 15) is 9.59 Å². The molecule has 1 saturated heterocycles. The van der Waals surface area contributed by atoms with Crippen molar-refractivity contribution >= 4 is 11.8 Å². The van der Waals surface area contributed by atoms with Crippen LogP contribution in [0.4, 0.5) is 0 Å². The van der Waals surface area contributed by atoms with Gasteiger partial charge in [0.1, 0.15) is 0 Å². The number of benzene rings is 1. The number of carbonyl (C=O) groups is 2. The van der Waals surface area contributed by atoms with Crippen LogP contribution in [0.3, 0.4) is 0 Å². The molecular weight excluding hydrogens is 190 g/mol. The molecule has 1 aromatic rings. The summed E-state index contributed by atoms with van der Waals surface area (Å²) in [6, 6.07) is 9.88. The second kappa shape index (κ2) is 4.26. The van der Waals surface area contributed by atoms with Crippen molar-refractivity contribution in [2.24, 2.45) is 5.92 Å². The number of hydrogen-bond donors (Lipinski definition) is 1. The Hall–Kier alpha value is -1.64. The summed E-state index contributed by atoms with van der Waals surface area (Å²) in [6.45, 7) is 0. The molecule has 1 N–H and O–H groups in total. The maximum Gasteiger partial charge on any atom is 0.230 e. The molecule has 1 fully saturated rings. The van der Waals surface area contributed by atoms with Crippen LogP contribution in [0, 0.1) is 5.92 Å². The van der Waals surface area contributed by atoms with Crippen LogP contribution in [0.1, 0.15) is 18.4 Å². The van der Waals surface area contributed by atoms with Crippen LogP contribution < -0.4 is 5.32 Å². The van der Waals surface area contributed by atoms with Gasteiger partial charge in [0.2, 0.25) is 11.8 Å². The maximum atomic E-state index is 11.5. The lowest BCUT2D eigenvalue weighted by atomic mass is 9.91. The van der Waals surface area contributed by atoms with Crippen molar-refractivity contribution in [3.8, 4) is 0 Å². The largest absolute Gasteiger partial charge is 0.296 e. The van der Waals surface area contributed by atoms with Crippen LogP contribution in [0.5, 0.6) is 0 Å². The van der Waals surface area contributed by atoms with Crippen LogP contribution in [-0.4, -0.2) is 11.8 Å². The normalized spacial score (nSPS) is 21.2. The molecule has 0 bridgehead atoms. The minimum absolute atomic E-state index is 0.0508. The second-order valence-electron chi connectivity index (χ2n) is 3.84. The highest BCUT2D eigenvalue weighted by molar-refractivity contribution is 5.98. The average molecular weight is 203 g/mol. The van der Waals surface area contributed by atoms with Gasteiger partial charge in [0.25, 0.3) is 0 Å². The minimum atomic E-state index is -0.149. The van der Waals surface area contributed by atoms with E-state index in [0.29, 0.717) is 12.8 Å². The number of piperidine rings is 1. The fraction of sp³-hybridized carbons (Fsp3) is 0.333. The predicted molar refractivity (Wildman–Crippen MR) is 56.0 cm³/mol. The zero-order valence-electron chi connectivity index (χ0n) is 8.40. The first-order valence-electron chi connectivity index (χ1n) is 5.13. The highest BCUT2D eigenvalue weighted by Crippen LogP contribution is 2.17. The van der Waals surface area contributed by atoms with Gasteiger partial charge in [-0.1, -0.05) is 30.3 Å². The molecule has 1 unspecified atom stereocenters. The average Bonchev–Trinajstić information content (AvgIpc) is 2.24. The number of imide groups is 1. The first-order chi connectivity index (χ1) is 7.25. The SMILES string of the molecule is O=C1CCC(Cc2ccccc2)C(=O)N1. The van der Waals surface area contributed by atoms with Crippen molar-refractivity contribution in [2.75, 3.05) is 0 Å². The quantitative estimate of drug-likeness (QED) is 0.736. The van der Waals surface area contributed by atoms with Crippen LogP contribution >= 0.6 is 0 Å². The molecule has 15 heavy (non-hydrogen) atoms. The van der Waals surface area contributed by atoms with E-state index in [1.807, 2.05) is 30.3 Å². The van der Waals surface area contributed by atoms with Gasteiger partial charge >= 0.3 is 0 Å². The fourth-order valence-electron chi connectivity index (χ4n) is 1.83. The standard InChI is InChI=1S/C12H13NO2/c14-11-7-6-10(12(15)13-11)8-9-4-2-1-3-5-9/h1-5,10H,6-8H2,(H,13,14,15). The van der Waals surface area contributed by atoms with E-state index >= 15 is 0 Å². The maximum absolute atomic E-state index is 11.5. The topological polar surface area (TPSA) is 46.2 Å². The molecule has 1 aliphatic rings. The third-order valence-corrected chi connectivity index (χ3v) is 2.68. The molecule has 0 aliphatic carbocycles. The van der Waals surface area contributed by atoms with Crippen LogP contribution in [0.15, 0.2) is 30.3 Å². The van der Waals surface area contributed by atoms with E-state index in [0.717, 1.165) is 12.0 Å². The van der Waals surface area contributed by atoms with Crippen LogP contribution in [0.25, 0.3) is 0 Å². The lowest BCUT2D eigenvalue weighted by molar-refractivity contribution is -0.136. The highest BCUT2D eigenvalue weighted by atomic mass is 16.2. The summed E-state index contributed by atoms with van der Waals surface area (Å²) in [6.07, 6.45) is 1.85. The summed E-state index contributed by atoms with van der Waals surface area (Å²) >= 11 is 0. The number of rotatable bonds is 2. The molecule has 0 saturated carbocycles. The molecule has 2 rings (SSSR count). The van der Waals surface area contributed by atoms with E-state index in [1.54, 1.807) is 0 Å². The van der Waals surface area contributed by atoms with E-state index < -0.39 is 0 Å². The molecule has 78 valence electrons. The monoisotopic (exact) mass is 203 g/mol. The summed E-state index contributed by atoms with van der Waals surface area (Å²) in [5.74, 6) is -0.329. The molecule has 3 heteroatoms. The molecule has 1 atom stereocenters. The van der Waals surface area contributed by atoms with Crippen molar-refractivity contribution in [3.05, 3.63) is 35.9 Å². The van der Waals surface area contributed by atoms with Crippen LogP contribution in [-0.2, 0) is 16.0 Å². The smallest absolute Gasteiger partial charge is 0.230 e. The zero-order chi connectivity index (χ0) is 10.7. The Labute approximate surface area is 88.5 Å². The highest BCUT2D eigenvalue weighted by Gasteiger charge is 2.26. The van der Waals surface area contributed by atoms with Crippen molar-refractivity contribution in [1.29, 1.82) is 0 Å². The van der Waals surface area contributed by atoms with Gasteiger partial charge in [0, 0.05) is 12.3 Å². The first-order valence-corrected chi connectivity index (χ1v) is 5.13. The summed E-state index contributed by atoms with van der Waals surface area (Å²) in [5.41, 5.74) is 1.15. The number of hydrogen-bond acceptors (Lipinski definition) is 2. The number of carbonyl (C=O) groups excluding carboxylic acids is 2. The summed E-state index contributed by atoms with van der Waals surface area (Å²) in [4.78, 5) is 22.4. The van der Waals surface area contributed by atoms with Gasteiger partial charge in [-0.15, -0.1) is 0 Å². The molecule has 1 heterocycles. The van der Waals surface area contributed by atoms with Gasteiger partial charge in [0.05, 0.1) is 0 Å². The molecule has 2 amide bonds. The zero-order valence-corrected chi connectivity index (χ0v) is 8.40. The van der Waals surface area contributed by atoms with Crippen molar-refractivity contribution in [1.82, 2.24) is 5.32 Å². The van der Waals surface area contributed by atoms with E-state index in [2.05, 4.69) is 5.32 Å². The molecule has 1 aliphatic heterocycles. The van der Waals surface area contributed by atoms with E-state index in [-0.39, 0.29) is 17.7 Å². The van der Waals surface area contributed by atoms with Crippen molar-refractivity contribution < 1.29 is 9.59 Å². The summed E-state index contributed by atoms with van der Waals surface area (Å²) in [7, 11) is 0. The van der Waals surface area contributed by atoms with Gasteiger partial charge in [0.15, 0.2) is 0 Å². The Bertz CT molecular complexity index is 372. The Kier molecular flexibility index (Phi) is 2.81. The molecule has 0 radical (unpaired) electrons. The molecule has 3 nitrogen and oxygen atoms in total. The Morgan fingerprint density at radius 1 is 1.20 bits per heavy atom. The third kappa shape index (κ3) is 2.43. The van der Waals surface area contributed by atoms with Gasteiger partial charge in [-0.2, -0.15) is 0 Å². The Morgan fingerprint density at radius 3 is 2.60 bits per heavy atom. The van der Waals surface area contributed by atoms with Gasteiger partial charge in [-0.05, 0) is 18.4 Å². The summed E-state index contributed by atoms with van der Waals surface area (Å²) in [5, 5.41) is 2.37. The number of amides is 2. The van der Waals surface area contributed by atoms with E-state index in [1.165, 1.54) is 0 Å². The lowest BCUT2D eigenvalue weighted by Crippen LogP contribution is -2.41. The van der Waals surface area contributed by atoms with Gasteiger partial charge < -0.3 is 0 Å². The Balaban J connectivity index is 2.01. The molecular formula is C12H13NO2. The third-order valence-electron chi connectivity index (χ3n) is 2.68.